The Hall–Kier alpha value is -10.9. The minimum absolute atomic E-state index is 0.219. The van der Waals surface area contributed by atoms with Crippen LogP contribution >= 0.6 is 0 Å². The number of anilines is 3. The van der Waals surface area contributed by atoms with Gasteiger partial charge in [0.15, 0.2) is 0 Å². The molecule has 0 bridgehead atoms. The largest absolute Gasteiger partial charge is 0.456 e. The lowest BCUT2D eigenvalue weighted by Crippen LogP contribution is -2.19. The van der Waals surface area contributed by atoms with E-state index >= 15 is 0 Å². The van der Waals surface area contributed by atoms with Crippen molar-refractivity contribution in [2.24, 2.45) is 0 Å². The zero-order valence-corrected chi connectivity index (χ0v) is 51.6. The van der Waals surface area contributed by atoms with E-state index in [9.17, 15) is 0 Å². The molecule has 0 N–H and O–H groups in total. The molecular weight excluding hydrogens is 1100 g/mol. The first-order valence-corrected chi connectivity index (χ1v) is 32.0. The van der Waals surface area contributed by atoms with Crippen LogP contribution in [0.15, 0.2) is 276 Å². The minimum Gasteiger partial charge on any atom is -0.456 e. The molecule has 0 fully saturated rings. The van der Waals surface area contributed by atoms with Gasteiger partial charge in [0.05, 0.1) is 16.7 Å². The number of nitrogens with zero attached hydrogens (tertiary/aromatic N) is 2. The highest BCUT2D eigenvalue weighted by Gasteiger charge is 2.44. The van der Waals surface area contributed by atoms with Gasteiger partial charge in [0.2, 0.25) is 0 Å². The van der Waals surface area contributed by atoms with Gasteiger partial charge in [0.1, 0.15) is 22.3 Å². The topological polar surface area (TPSA) is 34.5 Å². The summed E-state index contributed by atoms with van der Waals surface area (Å²) >= 11 is 0. The van der Waals surface area contributed by atoms with Gasteiger partial charge in [-0.1, -0.05) is 217 Å². The molecule has 0 saturated heterocycles. The predicted molar refractivity (Wildman–Crippen MR) is 379 cm³/mol. The molecule has 0 atom stereocenters. The second-order valence-electron chi connectivity index (χ2n) is 27.1. The number of rotatable bonds is 7. The van der Waals surface area contributed by atoms with Crippen LogP contribution in [0.2, 0.25) is 0 Å². The van der Waals surface area contributed by atoms with E-state index in [2.05, 4.69) is 318 Å². The van der Waals surface area contributed by atoms with E-state index in [0.717, 1.165) is 89.2 Å². The highest BCUT2D eigenvalue weighted by atomic mass is 16.3. The van der Waals surface area contributed by atoms with Crippen molar-refractivity contribution in [3.63, 3.8) is 0 Å². The molecule has 19 rings (SSSR count). The van der Waals surface area contributed by atoms with Crippen molar-refractivity contribution in [2.75, 3.05) is 4.90 Å². The molecule has 16 aromatic rings. The van der Waals surface area contributed by atoms with Crippen molar-refractivity contribution >= 4 is 82.7 Å². The van der Waals surface area contributed by atoms with Gasteiger partial charge < -0.3 is 18.3 Å². The molecule has 0 aliphatic heterocycles. The van der Waals surface area contributed by atoms with Gasteiger partial charge in [-0.05, 0) is 174 Å². The molecule has 3 aromatic heterocycles. The van der Waals surface area contributed by atoms with Gasteiger partial charge >= 0.3 is 0 Å². The number of para-hydroxylation sites is 5. The van der Waals surface area contributed by atoms with E-state index in [-0.39, 0.29) is 10.8 Å². The molecule has 91 heavy (non-hydrogen) atoms. The minimum atomic E-state index is -0.426. The molecule has 432 valence electrons. The summed E-state index contributed by atoms with van der Waals surface area (Å²) in [7, 11) is 0. The van der Waals surface area contributed by atoms with Crippen LogP contribution in [-0.4, -0.2) is 4.57 Å². The van der Waals surface area contributed by atoms with Crippen LogP contribution in [0.5, 0.6) is 0 Å². The Morgan fingerprint density at radius 2 is 0.813 bits per heavy atom. The number of hydrogen-bond donors (Lipinski definition) is 0. The fraction of sp³-hybridized carbons (Fsp3) is 0.103. The van der Waals surface area contributed by atoms with Crippen molar-refractivity contribution in [1.29, 1.82) is 0 Å². The molecule has 0 saturated carbocycles. The van der Waals surface area contributed by atoms with Crippen molar-refractivity contribution in [3.05, 3.63) is 300 Å². The molecule has 0 unspecified atom stereocenters. The summed E-state index contributed by atoms with van der Waals surface area (Å²) in [4.78, 5) is 2.58. The van der Waals surface area contributed by atoms with E-state index < -0.39 is 5.41 Å². The Labute approximate surface area is 528 Å². The maximum absolute atomic E-state index is 7.15. The maximum Gasteiger partial charge on any atom is 0.143 e. The smallest absolute Gasteiger partial charge is 0.143 e. The Morgan fingerprint density at radius 1 is 0.297 bits per heavy atom. The maximum atomic E-state index is 7.15. The number of aromatic nitrogens is 1. The first kappa shape index (κ1) is 52.0. The summed E-state index contributed by atoms with van der Waals surface area (Å²) < 4.78 is 16.1. The zero-order chi connectivity index (χ0) is 60.8. The van der Waals surface area contributed by atoms with Gasteiger partial charge in [0, 0.05) is 82.3 Å². The molecule has 3 aliphatic rings. The predicted octanol–water partition coefficient (Wildman–Crippen LogP) is 24.0. The molecule has 4 heteroatoms. The second-order valence-corrected chi connectivity index (χ2v) is 27.1. The average Bonchev–Trinajstić information content (AvgIpc) is 1.55. The van der Waals surface area contributed by atoms with Gasteiger partial charge in [-0.15, -0.1) is 0 Å². The SMILES string of the molecule is CC1(C)c2cc(N(c3ccc4c(c3)C(C)(C)c3cc(-c5ccc6c(c5)c5ccccc5n6-c5ccccc5)c5oc6ccccc6c5c3-4)c3c(-c4ccccc4)cccc3-c3ccccc3)ccc2-c2cc3c(cc21)-c1c(ccc2oc4ccccc4c12)C3(C)C. The summed E-state index contributed by atoms with van der Waals surface area (Å²) in [5.74, 6) is 0. The molecule has 4 nitrogen and oxygen atoms in total. The molecular formula is C87H62N2O2. The first-order valence-electron chi connectivity index (χ1n) is 32.0. The molecule has 0 radical (unpaired) electrons. The van der Waals surface area contributed by atoms with Crippen LogP contribution in [-0.2, 0) is 16.2 Å². The molecule has 0 amide bonds. The summed E-state index contributed by atoms with van der Waals surface area (Å²) in [6.45, 7) is 14.5. The Balaban J connectivity index is 0.817. The van der Waals surface area contributed by atoms with E-state index in [1.165, 1.54) is 99.3 Å². The van der Waals surface area contributed by atoms with Gasteiger partial charge in [-0.2, -0.15) is 0 Å². The van der Waals surface area contributed by atoms with E-state index in [1.807, 2.05) is 0 Å². The summed E-state index contributed by atoms with van der Waals surface area (Å²) in [5.41, 5.74) is 32.0. The van der Waals surface area contributed by atoms with Crippen LogP contribution in [0.3, 0.4) is 0 Å². The lowest BCUT2D eigenvalue weighted by Gasteiger charge is -2.33. The van der Waals surface area contributed by atoms with E-state index in [0.29, 0.717) is 0 Å². The fourth-order valence-electron chi connectivity index (χ4n) is 16.7. The second kappa shape index (κ2) is 18.6. The molecule has 0 spiro atoms. The summed E-state index contributed by atoms with van der Waals surface area (Å²) in [6.07, 6.45) is 0. The average molecular weight is 1170 g/mol. The normalized spacial score (nSPS) is 14.5. The van der Waals surface area contributed by atoms with Crippen LogP contribution in [0.4, 0.5) is 17.1 Å². The third-order valence-corrected chi connectivity index (χ3v) is 21.2. The quantitative estimate of drug-likeness (QED) is 0.159. The molecule has 3 heterocycles. The highest BCUT2D eigenvalue weighted by Crippen LogP contribution is 2.61. The van der Waals surface area contributed by atoms with E-state index in [1.54, 1.807) is 0 Å². The Bertz CT molecular complexity index is 5740. The lowest BCUT2D eigenvalue weighted by molar-refractivity contribution is 0.651. The standard InChI is InChI=1S/C87H62N2O2/c1-85(2)68-42-44-78-81(62-30-17-20-35-76(62)90-78)80(68)67-50-71-65(49-72(67)85)59-40-38-55(46-69(59)86(71,3)4)88(83-57(51-23-10-7-11-24-51)32-22-33-58(83)52-25-12-8-13-26-52)56-39-41-61-70(47-56)87(5,6)73-48-64(84-82(79(61)73)63-31-18-21-36-77(63)91-84)53-37-43-75-66(45-53)60-29-16-19-34-74(60)89(75)54-27-14-9-15-28-54/h7-50H,1-6H3. The van der Waals surface area contributed by atoms with E-state index in [4.69, 9.17) is 8.83 Å². The highest BCUT2D eigenvalue weighted by molar-refractivity contribution is 6.20. The van der Waals surface area contributed by atoms with Crippen molar-refractivity contribution in [1.82, 2.24) is 4.57 Å². The number of hydrogen-bond acceptors (Lipinski definition) is 3. The van der Waals surface area contributed by atoms with Crippen LogP contribution in [0.1, 0.15) is 74.9 Å². The molecule has 3 aliphatic carbocycles. The first-order chi connectivity index (χ1) is 44.4. The number of furan rings is 2. The number of fused-ring (bicyclic) bond motifs is 20. The summed E-state index contributed by atoms with van der Waals surface area (Å²) in [5, 5.41) is 7.09. The van der Waals surface area contributed by atoms with Crippen molar-refractivity contribution in [3.8, 4) is 72.4 Å². The zero-order valence-electron chi connectivity index (χ0n) is 51.6. The third-order valence-electron chi connectivity index (χ3n) is 21.2. The van der Waals surface area contributed by atoms with Crippen LogP contribution in [0, 0.1) is 0 Å². The van der Waals surface area contributed by atoms with Gasteiger partial charge in [0.25, 0.3) is 0 Å². The Morgan fingerprint density at radius 3 is 1.52 bits per heavy atom. The third kappa shape index (κ3) is 7.16. The van der Waals surface area contributed by atoms with Crippen LogP contribution in [0.25, 0.3) is 138 Å². The van der Waals surface area contributed by atoms with Crippen molar-refractivity contribution in [2.45, 2.75) is 57.8 Å². The Kier molecular flexibility index (Phi) is 10.6. The summed E-state index contributed by atoms with van der Waals surface area (Å²) in [6, 6.07) is 99.1. The van der Waals surface area contributed by atoms with Crippen molar-refractivity contribution < 1.29 is 8.83 Å². The van der Waals surface area contributed by atoms with Crippen LogP contribution < -0.4 is 4.90 Å². The monoisotopic (exact) mass is 1170 g/mol. The number of benzene rings is 13. The lowest BCUT2D eigenvalue weighted by atomic mass is 9.79. The fourth-order valence-corrected chi connectivity index (χ4v) is 16.7. The molecule has 13 aromatic carbocycles. The van der Waals surface area contributed by atoms with Gasteiger partial charge in [-0.3, -0.25) is 0 Å². The van der Waals surface area contributed by atoms with Gasteiger partial charge in [-0.25, -0.2) is 0 Å².